The van der Waals surface area contributed by atoms with Crippen molar-refractivity contribution in [3.8, 4) is 28.8 Å². The van der Waals surface area contributed by atoms with Crippen molar-refractivity contribution in [3.63, 3.8) is 0 Å². The highest BCUT2D eigenvalue weighted by Gasteiger charge is 2.40. The van der Waals surface area contributed by atoms with Crippen LogP contribution in [0.5, 0.6) is 11.5 Å². The summed E-state index contributed by atoms with van der Waals surface area (Å²) in [5, 5.41) is 20.6. The summed E-state index contributed by atoms with van der Waals surface area (Å²) in [5.41, 5.74) is 3.35. The summed E-state index contributed by atoms with van der Waals surface area (Å²) in [7, 11) is 1.60. The van der Waals surface area contributed by atoms with Crippen LogP contribution in [0.3, 0.4) is 0 Å². The third-order valence-electron chi connectivity index (χ3n) is 8.60. The van der Waals surface area contributed by atoms with Crippen LogP contribution in [0.2, 0.25) is 10.0 Å². The van der Waals surface area contributed by atoms with Gasteiger partial charge in [-0.15, -0.1) is 0 Å². The molecule has 4 aromatic rings. The molecule has 0 aliphatic carbocycles. The molecule has 12 heteroatoms. The van der Waals surface area contributed by atoms with E-state index in [1.807, 2.05) is 29.8 Å². The molecule has 2 saturated heterocycles. The van der Waals surface area contributed by atoms with Crippen LogP contribution < -0.4 is 19.7 Å². The number of ether oxygens (including phenoxy) is 3. The topological polar surface area (TPSA) is 110 Å². The van der Waals surface area contributed by atoms with Gasteiger partial charge in [-0.25, -0.2) is 9.67 Å². The Labute approximate surface area is 279 Å². The largest absolute Gasteiger partial charge is 0.493 e. The quantitative estimate of drug-likeness (QED) is 0.186. The van der Waals surface area contributed by atoms with E-state index >= 15 is 0 Å². The fourth-order valence-electron chi connectivity index (χ4n) is 6.23. The van der Waals surface area contributed by atoms with Crippen LogP contribution in [0.25, 0.3) is 22.2 Å². The Morgan fingerprint density at radius 2 is 1.87 bits per heavy atom. The highest BCUT2D eigenvalue weighted by atomic mass is 35.5. The molecule has 1 unspecified atom stereocenters. The normalized spacial score (nSPS) is 18.3. The molecule has 5 heterocycles. The van der Waals surface area contributed by atoms with E-state index in [0.29, 0.717) is 56.7 Å². The maximum absolute atomic E-state index is 10.2. The van der Waals surface area contributed by atoms with Gasteiger partial charge in [0.2, 0.25) is 0 Å². The Morgan fingerprint density at radius 1 is 1.11 bits per heavy atom. The molecule has 1 N–H and O–H groups in total. The summed E-state index contributed by atoms with van der Waals surface area (Å²) < 4.78 is 20.3. The summed E-state index contributed by atoms with van der Waals surface area (Å²) in [4.78, 5) is 11.0. The molecular formula is C34H39Cl2N7O3. The van der Waals surface area contributed by atoms with Gasteiger partial charge >= 0.3 is 0 Å². The molecule has 2 fully saturated rings. The molecule has 10 nitrogen and oxygen atoms in total. The van der Waals surface area contributed by atoms with E-state index in [2.05, 4.69) is 42.0 Å². The monoisotopic (exact) mass is 663 g/mol. The Kier molecular flexibility index (Phi) is 9.31. The Morgan fingerprint density at radius 3 is 2.52 bits per heavy atom. The number of benzene rings is 1. The maximum Gasteiger partial charge on any atom is 0.162 e. The smallest absolute Gasteiger partial charge is 0.162 e. The van der Waals surface area contributed by atoms with Gasteiger partial charge in [-0.3, -0.25) is 4.98 Å². The SMILES string of the molecule is COc1cc2c(cc1O[C@H](C)c1c(Cl)cncc1Cl)c(-c1cnc(N3CC(C)(NCC(C)C)C3)c(C#N)c1)nn2C1CCCCO1. The number of rotatable bonds is 10. The predicted molar refractivity (Wildman–Crippen MR) is 180 cm³/mol. The number of pyridine rings is 2. The fraction of sp³-hybridized carbons (Fsp3) is 0.471. The van der Waals surface area contributed by atoms with Crippen molar-refractivity contribution in [2.24, 2.45) is 5.92 Å². The molecule has 242 valence electrons. The molecule has 2 aliphatic rings. The first-order chi connectivity index (χ1) is 22.1. The first kappa shape index (κ1) is 32.3. The zero-order valence-electron chi connectivity index (χ0n) is 26.8. The van der Waals surface area contributed by atoms with Gasteiger partial charge in [0.15, 0.2) is 17.7 Å². The van der Waals surface area contributed by atoms with Crippen molar-refractivity contribution in [1.82, 2.24) is 25.1 Å². The highest BCUT2D eigenvalue weighted by molar-refractivity contribution is 6.35. The minimum Gasteiger partial charge on any atom is -0.493 e. The molecule has 0 spiro atoms. The minimum atomic E-state index is -0.502. The van der Waals surface area contributed by atoms with Crippen LogP contribution >= 0.6 is 23.2 Å². The zero-order valence-corrected chi connectivity index (χ0v) is 28.3. The second kappa shape index (κ2) is 13.2. The molecular weight excluding hydrogens is 625 g/mol. The van der Waals surface area contributed by atoms with Crippen LogP contribution in [-0.2, 0) is 4.74 Å². The van der Waals surface area contributed by atoms with Crippen molar-refractivity contribution in [1.29, 1.82) is 5.26 Å². The number of hydrogen-bond acceptors (Lipinski definition) is 9. The lowest BCUT2D eigenvalue weighted by Crippen LogP contribution is -2.68. The van der Waals surface area contributed by atoms with Gasteiger partial charge in [0.1, 0.15) is 23.7 Å². The van der Waals surface area contributed by atoms with Gasteiger partial charge in [-0.2, -0.15) is 10.4 Å². The lowest BCUT2D eigenvalue weighted by Gasteiger charge is -2.49. The van der Waals surface area contributed by atoms with Gasteiger partial charge in [0.05, 0.1) is 33.8 Å². The van der Waals surface area contributed by atoms with E-state index in [0.717, 1.165) is 55.4 Å². The Bertz CT molecular complexity index is 1750. The summed E-state index contributed by atoms with van der Waals surface area (Å²) in [6.45, 7) is 11.7. The zero-order chi connectivity index (χ0) is 32.6. The van der Waals surface area contributed by atoms with E-state index < -0.39 is 6.10 Å². The molecule has 0 bridgehead atoms. The second-order valence-corrected chi connectivity index (χ2v) is 13.6. The third kappa shape index (κ3) is 6.34. The first-order valence-corrected chi connectivity index (χ1v) is 16.4. The number of methoxy groups -OCH3 is 1. The van der Waals surface area contributed by atoms with Crippen molar-refractivity contribution in [3.05, 3.63) is 58.0 Å². The summed E-state index contributed by atoms with van der Waals surface area (Å²) in [6.07, 6.45) is 7.05. The lowest BCUT2D eigenvalue weighted by molar-refractivity contribution is -0.0365. The predicted octanol–water partition coefficient (Wildman–Crippen LogP) is 7.34. The van der Waals surface area contributed by atoms with Crippen molar-refractivity contribution >= 4 is 39.9 Å². The number of fused-ring (bicyclic) bond motifs is 1. The number of nitriles is 1. The number of nitrogens with one attached hydrogen (secondary N) is 1. The molecule has 46 heavy (non-hydrogen) atoms. The molecule has 1 aromatic carbocycles. The molecule has 2 aliphatic heterocycles. The molecule has 0 saturated carbocycles. The summed E-state index contributed by atoms with van der Waals surface area (Å²) >= 11 is 12.9. The van der Waals surface area contributed by atoms with Crippen molar-refractivity contribution < 1.29 is 14.2 Å². The molecule has 3 aromatic heterocycles. The minimum absolute atomic E-state index is 0.0103. The van der Waals surface area contributed by atoms with Gasteiger partial charge in [-0.05, 0) is 57.7 Å². The van der Waals surface area contributed by atoms with E-state index in [9.17, 15) is 5.26 Å². The van der Waals surface area contributed by atoms with E-state index in [1.165, 1.54) is 0 Å². The second-order valence-electron chi connectivity index (χ2n) is 12.8. The average molecular weight is 665 g/mol. The Balaban J connectivity index is 1.39. The highest BCUT2D eigenvalue weighted by Crippen LogP contribution is 2.42. The van der Waals surface area contributed by atoms with Crippen molar-refractivity contribution in [2.45, 2.75) is 64.8 Å². The molecule has 0 amide bonds. The fourth-order valence-corrected chi connectivity index (χ4v) is 6.91. The summed E-state index contributed by atoms with van der Waals surface area (Å²) in [5.74, 6) is 2.27. The Hall–Kier alpha value is -3.62. The third-order valence-corrected chi connectivity index (χ3v) is 9.20. The number of hydrogen-bond donors (Lipinski definition) is 1. The number of nitrogens with zero attached hydrogens (tertiary/aromatic N) is 6. The van der Waals surface area contributed by atoms with Crippen molar-refractivity contribution in [2.75, 3.05) is 38.3 Å². The maximum atomic E-state index is 10.2. The van der Waals surface area contributed by atoms with Crippen LogP contribution in [-0.4, -0.2) is 58.6 Å². The number of aromatic nitrogens is 4. The van der Waals surface area contributed by atoms with Crippen LogP contribution in [0.4, 0.5) is 5.82 Å². The van der Waals surface area contributed by atoms with E-state index in [4.69, 9.17) is 47.5 Å². The van der Waals surface area contributed by atoms with Crippen LogP contribution in [0.1, 0.15) is 70.4 Å². The average Bonchev–Trinajstić information content (AvgIpc) is 3.40. The van der Waals surface area contributed by atoms with Crippen LogP contribution in [0, 0.1) is 17.2 Å². The van der Waals surface area contributed by atoms with Crippen LogP contribution in [0.15, 0.2) is 36.8 Å². The summed E-state index contributed by atoms with van der Waals surface area (Å²) in [6, 6.07) is 8.08. The van der Waals surface area contributed by atoms with Gasteiger partial charge in [0.25, 0.3) is 0 Å². The molecule has 6 rings (SSSR count). The van der Waals surface area contributed by atoms with Gasteiger partial charge in [0, 0.05) is 60.9 Å². The standard InChI is InChI=1S/C34H39Cl2N7O3/c1-20(2)14-40-34(4)18-42(19-34)33-22(13-37)10-23(15-39-33)32-24-11-29(46-21(3)31-25(35)16-38-17-26(31)36)28(44-5)12-27(24)43(41-32)30-8-6-7-9-45-30/h10-12,15-17,20-21,30,40H,6-9,14,18-19H2,1-5H3/t21-,30?/m1/s1. The van der Waals surface area contributed by atoms with E-state index in [-0.39, 0.29) is 11.8 Å². The molecule has 0 radical (unpaired) electrons. The molecule has 2 atom stereocenters. The van der Waals surface area contributed by atoms with Gasteiger partial charge < -0.3 is 24.4 Å². The number of halogens is 2. The number of anilines is 1. The lowest BCUT2D eigenvalue weighted by atomic mass is 9.91. The first-order valence-electron chi connectivity index (χ1n) is 15.7. The van der Waals surface area contributed by atoms with Gasteiger partial charge in [-0.1, -0.05) is 37.0 Å². The van der Waals surface area contributed by atoms with E-state index in [1.54, 1.807) is 25.7 Å².